The van der Waals surface area contributed by atoms with Crippen LogP contribution in [0.15, 0.2) is 24.5 Å². The Morgan fingerprint density at radius 3 is 2.72 bits per heavy atom. The molecule has 0 atom stereocenters. The second kappa shape index (κ2) is 5.31. The summed E-state index contributed by atoms with van der Waals surface area (Å²) in [5, 5.41) is 3.17. The van der Waals surface area contributed by atoms with Gasteiger partial charge in [-0.3, -0.25) is 0 Å². The van der Waals surface area contributed by atoms with Crippen LogP contribution in [0.2, 0.25) is 0 Å². The molecule has 0 aliphatic rings. The molecule has 96 valence electrons. The lowest BCUT2D eigenvalue weighted by Crippen LogP contribution is -2.15. The molecule has 0 unspecified atom stereocenters. The summed E-state index contributed by atoms with van der Waals surface area (Å²) in [7, 11) is 0. The number of hydrogen-bond acceptors (Lipinski definition) is 2. The highest BCUT2D eigenvalue weighted by atomic mass is 19.1. The van der Waals surface area contributed by atoms with Crippen LogP contribution >= 0.6 is 0 Å². The molecule has 0 saturated heterocycles. The van der Waals surface area contributed by atoms with Crippen LogP contribution in [0.1, 0.15) is 23.9 Å². The van der Waals surface area contributed by atoms with E-state index in [0.717, 1.165) is 23.6 Å². The number of nitrogens with zero attached hydrogens (tertiary/aromatic N) is 2. The molecule has 0 amide bonds. The average molecular weight is 247 g/mol. The van der Waals surface area contributed by atoms with Crippen LogP contribution in [0.3, 0.4) is 0 Å². The van der Waals surface area contributed by atoms with E-state index < -0.39 is 0 Å². The van der Waals surface area contributed by atoms with Crippen LogP contribution in [-0.4, -0.2) is 16.1 Å². The molecular weight excluding hydrogens is 229 g/mol. The normalized spacial score (nSPS) is 10.9. The Balaban J connectivity index is 2.50. The van der Waals surface area contributed by atoms with Gasteiger partial charge in [-0.25, -0.2) is 9.37 Å². The van der Waals surface area contributed by atoms with Crippen LogP contribution in [0.25, 0.3) is 5.69 Å². The van der Waals surface area contributed by atoms with Crippen LogP contribution in [0, 0.1) is 19.7 Å². The predicted molar refractivity (Wildman–Crippen MR) is 70.4 cm³/mol. The lowest BCUT2D eigenvalue weighted by molar-refractivity contribution is 0.590. The lowest BCUT2D eigenvalue weighted by atomic mass is 10.1. The minimum absolute atomic E-state index is 0.181. The maximum absolute atomic E-state index is 13.9. The fourth-order valence-electron chi connectivity index (χ4n) is 1.94. The minimum Gasteiger partial charge on any atom is -0.313 e. The van der Waals surface area contributed by atoms with E-state index in [-0.39, 0.29) is 5.82 Å². The standard InChI is InChI=1S/C14H18FN3/c1-4-16-8-12-13(15)6-5-7-14(12)18-9-17-10(2)11(18)3/h5-7,9,16H,4,8H2,1-3H3. The van der Waals surface area contributed by atoms with Gasteiger partial charge in [-0.1, -0.05) is 13.0 Å². The second-order valence-corrected chi connectivity index (χ2v) is 4.30. The zero-order valence-electron chi connectivity index (χ0n) is 11.0. The van der Waals surface area contributed by atoms with Gasteiger partial charge in [0, 0.05) is 17.8 Å². The zero-order valence-corrected chi connectivity index (χ0v) is 11.0. The predicted octanol–water partition coefficient (Wildman–Crippen LogP) is 2.74. The average Bonchev–Trinajstić information content (AvgIpc) is 2.68. The third-order valence-corrected chi connectivity index (χ3v) is 3.16. The van der Waals surface area contributed by atoms with Crippen molar-refractivity contribution in [1.82, 2.24) is 14.9 Å². The number of aryl methyl sites for hydroxylation is 1. The van der Waals surface area contributed by atoms with E-state index in [4.69, 9.17) is 0 Å². The first-order valence-electron chi connectivity index (χ1n) is 6.14. The Morgan fingerprint density at radius 1 is 1.33 bits per heavy atom. The van der Waals surface area contributed by atoms with Gasteiger partial charge < -0.3 is 9.88 Å². The SMILES string of the molecule is CCNCc1c(F)cccc1-n1cnc(C)c1C. The van der Waals surface area contributed by atoms with E-state index >= 15 is 0 Å². The molecule has 0 bridgehead atoms. The first kappa shape index (κ1) is 12.8. The number of imidazole rings is 1. The Bertz CT molecular complexity index is 546. The summed E-state index contributed by atoms with van der Waals surface area (Å²) in [5.41, 5.74) is 3.54. The van der Waals surface area contributed by atoms with E-state index in [9.17, 15) is 4.39 Å². The first-order chi connectivity index (χ1) is 8.65. The van der Waals surface area contributed by atoms with Crippen molar-refractivity contribution in [3.63, 3.8) is 0 Å². The number of aromatic nitrogens is 2. The van der Waals surface area contributed by atoms with Gasteiger partial charge in [-0.15, -0.1) is 0 Å². The largest absolute Gasteiger partial charge is 0.313 e. The maximum atomic E-state index is 13.9. The Hall–Kier alpha value is -1.68. The highest BCUT2D eigenvalue weighted by Crippen LogP contribution is 2.20. The van der Waals surface area contributed by atoms with E-state index in [1.807, 2.05) is 31.4 Å². The number of hydrogen-bond donors (Lipinski definition) is 1. The van der Waals surface area contributed by atoms with Crippen molar-refractivity contribution in [2.45, 2.75) is 27.3 Å². The third kappa shape index (κ3) is 2.29. The Labute approximate surface area is 107 Å². The Kier molecular flexibility index (Phi) is 3.77. The summed E-state index contributed by atoms with van der Waals surface area (Å²) in [5.74, 6) is -0.181. The topological polar surface area (TPSA) is 29.9 Å². The minimum atomic E-state index is -0.181. The van der Waals surface area contributed by atoms with Crippen molar-refractivity contribution in [3.8, 4) is 5.69 Å². The second-order valence-electron chi connectivity index (χ2n) is 4.30. The van der Waals surface area contributed by atoms with Gasteiger partial charge in [-0.2, -0.15) is 0 Å². The number of rotatable bonds is 4. The molecule has 18 heavy (non-hydrogen) atoms. The molecular formula is C14H18FN3. The molecule has 0 fully saturated rings. The molecule has 0 spiro atoms. The fourth-order valence-corrected chi connectivity index (χ4v) is 1.94. The summed E-state index contributed by atoms with van der Waals surface area (Å²) in [6.45, 7) is 7.29. The van der Waals surface area contributed by atoms with Crippen LogP contribution in [-0.2, 0) is 6.54 Å². The van der Waals surface area contributed by atoms with Crippen molar-refractivity contribution < 1.29 is 4.39 Å². The van der Waals surface area contributed by atoms with Gasteiger partial charge in [0.1, 0.15) is 5.82 Å². The highest BCUT2D eigenvalue weighted by Gasteiger charge is 2.12. The molecule has 2 aromatic rings. The van der Waals surface area contributed by atoms with Gasteiger partial charge in [0.2, 0.25) is 0 Å². The number of halogens is 1. The summed E-state index contributed by atoms with van der Waals surface area (Å²) in [6, 6.07) is 5.15. The smallest absolute Gasteiger partial charge is 0.129 e. The zero-order chi connectivity index (χ0) is 13.1. The van der Waals surface area contributed by atoms with Crippen LogP contribution in [0.4, 0.5) is 4.39 Å². The molecule has 0 aliphatic heterocycles. The quantitative estimate of drug-likeness (QED) is 0.900. The molecule has 2 rings (SSSR count). The third-order valence-electron chi connectivity index (χ3n) is 3.16. The number of nitrogens with one attached hydrogen (secondary N) is 1. The molecule has 3 nitrogen and oxygen atoms in total. The van der Waals surface area contributed by atoms with Gasteiger partial charge >= 0.3 is 0 Å². The van der Waals surface area contributed by atoms with E-state index in [2.05, 4.69) is 10.3 Å². The van der Waals surface area contributed by atoms with Crippen LogP contribution < -0.4 is 5.32 Å². The van der Waals surface area contributed by atoms with E-state index in [1.165, 1.54) is 6.07 Å². The Morgan fingerprint density at radius 2 is 2.11 bits per heavy atom. The van der Waals surface area contributed by atoms with Crippen LogP contribution in [0.5, 0.6) is 0 Å². The van der Waals surface area contributed by atoms with Crippen molar-refractivity contribution in [3.05, 3.63) is 47.3 Å². The van der Waals surface area contributed by atoms with E-state index in [1.54, 1.807) is 12.4 Å². The van der Waals surface area contributed by atoms with E-state index in [0.29, 0.717) is 12.1 Å². The molecule has 1 aromatic carbocycles. The summed E-state index contributed by atoms with van der Waals surface area (Å²) in [6.07, 6.45) is 1.74. The monoisotopic (exact) mass is 247 g/mol. The van der Waals surface area contributed by atoms with Crippen molar-refractivity contribution in [1.29, 1.82) is 0 Å². The fraction of sp³-hybridized carbons (Fsp3) is 0.357. The summed E-state index contributed by atoms with van der Waals surface area (Å²) in [4.78, 5) is 4.26. The molecule has 1 aromatic heterocycles. The molecule has 0 radical (unpaired) electrons. The van der Waals surface area contributed by atoms with Gasteiger partial charge in [0.05, 0.1) is 17.7 Å². The molecule has 1 N–H and O–H groups in total. The van der Waals surface area contributed by atoms with Gasteiger partial charge in [0.25, 0.3) is 0 Å². The molecule has 1 heterocycles. The van der Waals surface area contributed by atoms with Gasteiger partial charge in [-0.05, 0) is 32.5 Å². The maximum Gasteiger partial charge on any atom is 0.129 e. The first-order valence-corrected chi connectivity index (χ1v) is 6.14. The summed E-state index contributed by atoms with van der Waals surface area (Å²) >= 11 is 0. The summed E-state index contributed by atoms with van der Waals surface area (Å²) < 4.78 is 15.9. The molecule has 4 heteroatoms. The number of benzene rings is 1. The molecule has 0 aliphatic carbocycles. The van der Waals surface area contributed by atoms with Crippen molar-refractivity contribution in [2.75, 3.05) is 6.54 Å². The van der Waals surface area contributed by atoms with Gasteiger partial charge in [0.15, 0.2) is 0 Å². The lowest BCUT2D eigenvalue weighted by Gasteiger charge is -2.13. The highest BCUT2D eigenvalue weighted by molar-refractivity contribution is 5.43. The van der Waals surface area contributed by atoms with Crippen molar-refractivity contribution >= 4 is 0 Å². The molecule has 0 saturated carbocycles. The van der Waals surface area contributed by atoms with Crippen molar-refractivity contribution in [2.24, 2.45) is 0 Å².